The number of hydrogen-bond acceptors (Lipinski definition) is 3. The van der Waals surface area contributed by atoms with Crippen molar-refractivity contribution in [1.82, 2.24) is 14.6 Å². The topological polar surface area (TPSA) is 56.2 Å². The maximum Gasteiger partial charge on any atom is 0.158 e. The van der Waals surface area contributed by atoms with E-state index >= 15 is 0 Å². The van der Waals surface area contributed by atoms with E-state index < -0.39 is 0 Å². The van der Waals surface area contributed by atoms with Crippen LogP contribution in [0, 0.1) is 0 Å². The number of pyridine rings is 1. The lowest BCUT2D eigenvalue weighted by Crippen LogP contribution is -2.29. The molecule has 0 spiro atoms. The Kier molecular flexibility index (Phi) is 2.40. The van der Waals surface area contributed by atoms with Crippen molar-refractivity contribution in [1.29, 1.82) is 0 Å². The summed E-state index contributed by atoms with van der Waals surface area (Å²) in [4.78, 5) is 4.40. The number of aromatic nitrogens is 3. The quantitative estimate of drug-likeness (QED) is 0.844. The Balaban J connectivity index is 2.56. The first-order valence-electron chi connectivity index (χ1n) is 4.75. The molecular formula is C10H13ClN4. The third kappa shape index (κ3) is 1.82. The normalized spacial score (nSPS) is 12.3. The minimum absolute atomic E-state index is 0.210. The molecule has 15 heavy (non-hydrogen) atoms. The van der Waals surface area contributed by atoms with E-state index in [9.17, 15) is 0 Å². The summed E-state index contributed by atoms with van der Waals surface area (Å²) in [5.74, 6) is 0.743. The van der Waals surface area contributed by atoms with Gasteiger partial charge in [0.2, 0.25) is 0 Å². The monoisotopic (exact) mass is 224 g/mol. The van der Waals surface area contributed by atoms with E-state index in [0.717, 1.165) is 11.5 Å². The lowest BCUT2D eigenvalue weighted by molar-refractivity contribution is 0.502. The highest BCUT2D eigenvalue weighted by molar-refractivity contribution is 6.30. The summed E-state index contributed by atoms with van der Waals surface area (Å²) in [7, 11) is 0. The van der Waals surface area contributed by atoms with Gasteiger partial charge in [0.25, 0.3) is 0 Å². The minimum Gasteiger partial charge on any atom is -0.329 e. The fourth-order valence-corrected chi connectivity index (χ4v) is 1.39. The SMILES string of the molecule is CC(C)(CN)c1nc2cc(Cl)ccn2n1. The summed E-state index contributed by atoms with van der Waals surface area (Å²) in [5, 5.41) is 5.02. The first-order valence-corrected chi connectivity index (χ1v) is 5.13. The summed E-state index contributed by atoms with van der Waals surface area (Å²) >= 11 is 5.87. The van der Waals surface area contributed by atoms with Gasteiger partial charge in [0.15, 0.2) is 11.5 Å². The first-order chi connectivity index (χ1) is 7.03. The second-order valence-electron chi connectivity index (χ2n) is 4.17. The average molecular weight is 225 g/mol. The average Bonchev–Trinajstić information content (AvgIpc) is 2.61. The molecule has 5 heteroatoms. The van der Waals surface area contributed by atoms with Crippen molar-refractivity contribution >= 4 is 17.2 Å². The van der Waals surface area contributed by atoms with Gasteiger partial charge in [-0.15, -0.1) is 0 Å². The summed E-state index contributed by atoms with van der Waals surface area (Å²) < 4.78 is 1.71. The van der Waals surface area contributed by atoms with Crippen molar-refractivity contribution in [2.45, 2.75) is 19.3 Å². The highest BCUT2D eigenvalue weighted by Crippen LogP contribution is 2.19. The van der Waals surface area contributed by atoms with Gasteiger partial charge in [0, 0.05) is 29.2 Å². The fourth-order valence-electron chi connectivity index (χ4n) is 1.23. The second-order valence-corrected chi connectivity index (χ2v) is 4.61. The van der Waals surface area contributed by atoms with Crippen LogP contribution in [0.2, 0.25) is 5.02 Å². The van der Waals surface area contributed by atoms with Gasteiger partial charge in [-0.3, -0.25) is 0 Å². The van der Waals surface area contributed by atoms with Crippen LogP contribution in [0.25, 0.3) is 5.65 Å². The lowest BCUT2D eigenvalue weighted by Gasteiger charge is -2.16. The van der Waals surface area contributed by atoms with Gasteiger partial charge < -0.3 is 5.73 Å². The molecule has 0 saturated carbocycles. The van der Waals surface area contributed by atoms with Gasteiger partial charge >= 0.3 is 0 Å². The van der Waals surface area contributed by atoms with E-state index in [1.165, 1.54) is 0 Å². The molecule has 2 aromatic heterocycles. The van der Waals surface area contributed by atoms with Crippen LogP contribution in [0.1, 0.15) is 19.7 Å². The number of fused-ring (bicyclic) bond motifs is 1. The summed E-state index contributed by atoms with van der Waals surface area (Å²) in [6.07, 6.45) is 1.79. The molecule has 0 saturated heterocycles. The predicted octanol–water partition coefficient (Wildman–Crippen LogP) is 1.62. The van der Waals surface area contributed by atoms with E-state index in [1.807, 2.05) is 13.8 Å². The first kappa shape index (κ1) is 10.4. The van der Waals surface area contributed by atoms with Crippen LogP contribution in [0.5, 0.6) is 0 Å². The van der Waals surface area contributed by atoms with E-state index in [1.54, 1.807) is 22.8 Å². The fraction of sp³-hybridized carbons (Fsp3) is 0.400. The van der Waals surface area contributed by atoms with Crippen LogP contribution < -0.4 is 5.73 Å². The molecule has 0 fully saturated rings. The molecule has 0 bridgehead atoms. The van der Waals surface area contributed by atoms with Crippen LogP contribution in [-0.4, -0.2) is 21.1 Å². The van der Waals surface area contributed by atoms with Crippen LogP contribution in [-0.2, 0) is 5.41 Å². The van der Waals surface area contributed by atoms with Crippen LogP contribution >= 0.6 is 11.6 Å². The van der Waals surface area contributed by atoms with E-state index in [0.29, 0.717) is 11.6 Å². The Morgan fingerprint density at radius 3 is 2.93 bits per heavy atom. The molecule has 0 aliphatic carbocycles. The zero-order valence-corrected chi connectivity index (χ0v) is 9.49. The Bertz CT molecular complexity index is 489. The smallest absolute Gasteiger partial charge is 0.158 e. The molecule has 0 aliphatic heterocycles. The van der Waals surface area contributed by atoms with Crippen LogP contribution in [0.4, 0.5) is 0 Å². The van der Waals surface area contributed by atoms with Gasteiger partial charge in [0.1, 0.15) is 0 Å². The van der Waals surface area contributed by atoms with Crippen molar-refractivity contribution in [2.75, 3.05) is 6.54 Å². The zero-order chi connectivity index (χ0) is 11.1. The van der Waals surface area contributed by atoms with Gasteiger partial charge in [0.05, 0.1) is 0 Å². The molecule has 2 rings (SSSR count). The van der Waals surface area contributed by atoms with Crippen LogP contribution in [0.15, 0.2) is 18.3 Å². The summed E-state index contributed by atoms with van der Waals surface area (Å²) in [5.41, 5.74) is 6.21. The largest absolute Gasteiger partial charge is 0.329 e. The van der Waals surface area contributed by atoms with Gasteiger partial charge in [-0.05, 0) is 6.07 Å². The molecule has 2 aromatic rings. The van der Waals surface area contributed by atoms with Gasteiger partial charge in [-0.1, -0.05) is 25.4 Å². The Morgan fingerprint density at radius 1 is 1.53 bits per heavy atom. The van der Waals surface area contributed by atoms with E-state index in [2.05, 4.69) is 10.1 Å². The number of hydrogen-bond donors (Lipinski definition) is 1. The molecule has 0 aromatic carbocycles. The van der Waals surface area contributed by atoms with Gasteiger partial charge in [-0.2, -0.15) is 5.10 Å². The number of nitrogens with two attached hydrogens (primary N) is 1. The third-order valence-corrected chi connectivity index (χ3v) is 2.65. The molecule has 0 radical (unpaired) electrons. The molecule has 4 nitrogen and oxygen atoms in total. The van der Waals surface area contributed by atoms with Crippen LogP contribution in [0.3, 0.4) is 0 Å². The highest BCUT2D eigenvalue weighted by atomic mass is 35.5. The predicted molar refractivity (Wildman–Crippen MR) is 60.1 cm³/mol. The molecule has 80 valence electrons. The Morgan fingerprint density at radius 2 is 2.27 bits per heavy atom. The Labute approximate surface area is 93.1 Å². The lowest BCUT2D eigenvalue weighted by atomic mass is 9.93. The van der Waals surface area contributed by atoms with Crippen molar-refractivity contribution in [3.05, 3.63) is 29.2 Å². The second kappa shape index (κ2) is 3.47. The van der Waals surface area contributed by atoms with Crippen molar-refractivity contribution in [3.63, 3.8) is 0 Å². The third-order valence-electron chi connectivity index (χ3n) is 2.42. The van der Waals surface area contributed by atoms with E-state index in [-0.39, 0.29) is 5.41 Å². The molecule has 0 amide bonds. The molecular weight excluding hydrogens is 212 g/mol. The summed E-state index contributed by atoms with van der Waals surface area (Å²) in [6.45, 7) is 4.55. The highest BCUT2D eigenvalue weighted by Gasteiger charge is 2.23. The van der Waals surface area contributed by atoms with Gasteiger partial charge in [-0.25, -0.2) is 9.50 Å². The number of nitrogens with zero attached hydrogens (tertiary/aromatic N) is 3. The maximum absolute atomic E-state index is 5.87. The maximum atomic E-state index is 5.87. The van der Waals surface area contributed by atoms with Crippen molar-refractivity contribution < 1.29 is 0 Å². The van der Waals surface area contributed by atoms with E-state index in [4.69, 9.17) is 17.3 Å². The van der Waals surface area contributed by atoms with Crippen molar-refractivity contribution in [3.8, 4) is 0 Å². The molecule has 2 heterocycles. The molecule has 0 atom stereocenters. The standard InChI is InChI=1S/C10H13ClN4/c1-10(2,6-12)9-13-8-5-7(11)3-4-15(8)14-9/h3-5H,6,12H2,1-2H3. The Hall–Kier alpha value is -1.13. The zero-order valence-electron chi connectivity index (χ0n) is 8.74. The molecule has 2 N–H and O–H groups in total. The van der Waals surface area contributed by atoms with Crippen molar-refractivity contribution in [2.24, 2.45) is 5.73 Å². The molecule has 0 unspecified atom stereocenters. The summed E-state index contributed by atoms with van der Waals surface area (Å²) in [6, 6.07) is 3.56. The minimum atomic E-state index is -0.210. The molecule has 0 aliphatic rings. The number of halogens is 1. The number of rotatable bonds is 2.